The summed E-state index contributed by atoms with van der Waals surface area (Å²) in [6.07, 6.45) is 2.69. The van der Waals surface area contributed by atoms with Crippen molar-refractivity contribution in [2.24, 2.45) is 16.4 Å². The number of fused-ring (bicyclic) bond motifs is 1. The lowest BCUT2D eigenvalue weighted by atomic mass is 9.72. The molecule has 0 spiro atoms. The van der Waals surface area contributed by atoms with Crippen LogP contribution in [0, 0.1) is 11.3 Å². The number of hydrogen-bond acceptors (Lipinski definition) is 5. The van der Waals surface area contributed by atoms with Crippen LogP contribution in [0.25, 0.3) is 10.4 Å². The van der Waals surface area contributed by atoms with E-state index in [-0.39, 0.29) is 12.0 Å². The quantitative estimate of drug-likeness (QED) is 0.385. The largest absolute Gasteiger partial charge is 0.465 e. The molecule has 1 aromatic heterocycles. The van der Waals surface area contributed by atoms with Crippen molar-refractivity contribution in [3.05, 3.63) is 26.4 Å². The number of methoxy groups -OCH3 is 1. The third-order valence-electron chi connectivity index (χ3n) is 4.41. The van der Waals surface area contributed by atoms with Crippen LogP contribution in [0.15, 0.2) is 5.11 Å². The number of carbonyl (C=O) groups is 2. The fourth-order valence-electron chi connectivity index (χ4n) is 2.99. The number of hydrogen-bond donors (Lipinski definition) is 1. The Kier molecular flexibility index (Phi) is 5.51. The number of rotatable bonds is 4. The molecule has 0 bridgehead atoms. The molecule has 7 nitrogen and oxygen atoms in total. The molecule has 0 saturated carbocycles. The highest BCUT2D eigenvalue weighted by Crippen LogP contribution is 2.44. The van der Waals surface area contributed by atoms with Crippen LogP contribution >= 0.6 is 11.3 Å². The molecule has 0 aliphatic heterocycles. The van der Waals surface area contributed by atoms with Gasteiger partial charge in [0.05, 0.1) is 12.7 Å². The lowest BCUT2D eigenvalue weighted by molar-refractivity contribution is -0.114. The second-order valence-corrected chi connectivity index (χ2v) is 8.05. The van der Waals surface area contributed by atoms with Gasteiger partial charge in [-0.05, 0) is 41.7 Å². The van der Waals surface area contributed by atoms with E-state index < -0.39 is 11.9 Å². The van der Waals surface area contributed by atoms with Crippen LogP contribution in [0.3, 0.4) is 0 Å². The first kappa shape index (κ1) is 18.3. The van der Waals surface area contributed by atoms with Crippen molar-refractivity contribution in [3.63, 3.8) is 0 Å². The summed E-state index contributed by atoms with van der Waals surface area (Å²) in [6.45, 7) is 6.37. The van der Waals surface area contributed by atoms with E-state index in [0.717, 1.165) is 29.7 Å². The smallest absolute Gasteiger partial charge is 0.341 e. The average Bonchev–Trinajstić information content (AvgIpc) is 2.88. The summed E-state index contributed by atoms with van der Waals surface area (Å²) in [5.74, 6) is -0.356. The molecule has 1 atom stereocenters. The van der Waals surface area contributed by atoms with Crippen LogP contribution in [0.1, 0.15) is 48.0 Å². The van der Waals surface area contributed by atoms with Gasteiger partial charge in [-0.25, -0.2) is 4.79 Å². The maximum Gasteiger partial charge on any atom is 0.341 e. The first-order chi connectivity index (χ1) is 11.3. The van der Waals surface area contributed by atoms with E-state index in [1.807, 2.05) is 0 Å². The Hall–Kier alpha value is -2.05. The van der Waals surface area contributed by atoms with E-state index in [0.29, 0.717) is 16.5 Å². The van der Waals surface area contributed by atoms with Gasteiger partial charge in [-0.1, -0.05) is 25.9 Å². The highest BCUT2D eigenvalue weighted by molar-refractivity contribution is 7.17. The Labute approximate surface area is 145 Å². The number of ether oxygens (including phenoxy) is 1. The van der Waals surface area contributed by atoms with E-state index in [2.05, 4.69) is 36.1 Å². The maximum absolute atomic E-state index is 12.2. The van der Waals surface area contributed by atoms with Gasteiger partial charge in [-0.3, -0.25) is 4.79 Å². The molecule has 1 heterocycles. The van der Waals surface area contributed by atoms with E-state index in [4.69, 9.17) is 10.3 Å². The Morgan fingerprint density at radius 2 is 2.17 bits per heavy atom. The van der Waals surface area contributed by atoms with Crippen LogP contribution in [-0.4, -0.2) is 25.5 Å². The molecule has 1 aliphatic carbocycles. The number of amides is 1. The van der Waals surface area contributed by atoms with Crippen LogP contribution in [0.2, 0.25) is 0 Å². The molecular formula is C16H22N4O3S. The lowest BCUT2D eigenvalue weighted by Gasteiger charge is -2.33. The zero-order valence-electron chi connectivity index (χ0n) is 14.4. The molecule has 1 aromatic rings. The first-order valence-corrected chi connectivity index (χ1v) is 8.63. The van der Waals surface area contributed by atoms with Crippen molar-refractivity contribution < 1.29 is 14.3 Å². The summed E-state index contributed by atoms with van der Waals surface area (Å²) in [7, 11) is 1.33. The Morgan fingerprint density at radius 3 is 2.75 bits per heavy atom. The van der Waals surface area contributed by atoms with E-state index in [1.54, 1.807) is 0 Å². The third kappa shape index (κ3) is 3.88. The highest BCUT2D eigenvalue weighted by Gasteiger charge is 2.34. The molecule has 1 N–H and O–H groups in total. The van der Waals surface area contributed by atoms with Crippen molar-refractivity contribution in [1.82, 2.24) is 0 Å². The van der Waals surface area contributed by atoms with Gasteiger partial charge in [0.15, 0.2) is 0 Å². The summed E-state index contributed by atoms with van der Waals surface area (Å²) in [4.78, 5) is 27.7. The van der Waals surface area contributed by atoms with Gasteiger partial charge in [0.1, 0.15) is 11.5 Å². The number of nitrogens with one attached hydrogen (secondary N) is 1. The van der Waals surface area contributed by atoms with Gasteiger partial charge in [-0.15, -0.1) is 11.3 Å². The van der Waals surface area contributed by atoms with Gasteiger partial charge in [0.2, 0.25) is 5.91 Å². The van der Waals surface area contributed by atoms with Crippen LogP contribution in [-0.2, 0) is 22.4 Å². The molecule has 1 unspecified atom stereocenters. The fourth-order valence-corrected chi connectivity index (χ4v) is 4.32. The molecule has 0 radical (unpaired) electrons. The summed E-state index contributed by atoms with van der Waals surface area (Å²) < 4.78 is 4.89. The number of anilines is 1. The topological polar surface area (TPSA) is 104 Å². The molecule has 0 aromatic carbocycles. The van der Waals surface area contributed by atoms with Crippen molar-refractivity contribution >= 4 is 28.2 Å². The molecule has 1 aliphatic rings. The van der Waals surface area contributed by atoms with Gasteiger partial charge < -0.3 is 10.1 Å². The lowest BCUT2D eigenvalue weighted by Crippen LogP contribution is -2.26. The monoisotopic (exact) mass is 350 g/mol. The summed E-state index contributed by atoms with van der Waals surface area (Å²) in [5, 5.41) is 6.42. The minimum absolute atomic E-state index is 0.192. The van der Waals surface area contributed by atoms with Gasteiger partial charge >= 0.3 is 5.97 Å². The second kappa shape index (κ2) is 7.23. The van der Waals surface area contributed by atoms with Crippen molar-refractivity contribution in [1.29, 1.82) is 0 Å². The van der Waals surface area contributed by atoms with Crippen LogP contribution < -0.4 is 5.32 Å². The maximum atomic E-state index is 12.2. The van der Waals surface area contributed by atoms with Crippen LogP contribution in [0.5, 0.6) is 0 Å². The minimum Gasteiger partial charge on any atom is -0.465 e. The zero-order valence-corrected chi connectivity index (χ0v) is 15.2. The standard InChI is InChI=1S/C16H22N4O3S/c1-16(2,3)9-5-6-10-11(7-9)24-14(13(10)15(22)23-4)19-12(21)8-18-20-17/h9H,5-8H2,1-4H3,(H,19,21). The SMILES string of the molecule is COC(=O)c1c(NC(=O)CN=[N+]=[N-])sc2c1CCC(C(C)(C)C)C2. The minimum atomic E-state index is -0.444. The average molecular weight is 350 g/mol. The van der Waals surface area contributed by atoms with Gasteiger partial charge in [-0.2, -0.15) is 0 Å². The molecule has 130 valence electrons. The molecule has 8 heteroatoms. The Bertz CT molecular complexity index is 699. The second-order valence-electron chi connectivity index (χ2n) is 6.94. The first-order valence-electron chi connectivity index (χ1n) is 7.81. The van der Waals surface area contributed by atoms with Crippen molar-refractivity contribution in [2.75, 3.05) is 19.0 Å². The normalized spacial score (nSPS) is 16.8. The van der Waals surface area contributed by atoms with E-state index in [9.17, 15) is 9.59 Å². The predicted octanol–water partition coefficient (Wildman–Crippen LogP) is 3.93. The molecule has 24 heavy (non-hydrogen) atoms. The number of carbonyl (C=O) groups excluding carboxylic acids is 2. The number of thiophene rings is 1. The fraction of sp³-hybridized carbons (Fsp3) is 0.625. The molecular weight excluding hydrogens is 328 g/mol. The molecule has 0 saturated heterocycles. The summed E-state index contributed by atoms with van der Waals surface area (Å²) in [5.41, 5.74) is 9.92. The van der Waals surface area contributed by atoms with Gasteiger partial charge in [0.25, 0.3) is 0 Å². The van der Waals surface area contributed by atoms with Gasteiger partial charge in [0, 0.05) is 9.79 Å². The molecule has 0 fully saturated rings. The molecule has 2 rings (SSSR count). The van der Waals surface area contributed by atoms with Crippen LogP contribution in [0.4, 0.5) is 5.00 Å². The van der Waals surface area contributed by atoms with E-state index in [1.165, 1.54) is 18.4 Å². The number of esters is 1. The highest BCUT2D eigenvalue weighted by atomic mass is 32.1. The predicted molar refractivity (Wildman–Crippen MR) is 93.3 cm³/mol. The Balaban J connectivity index is 2.35. The van der Waals surface area contributed by atoms with Crippen molar-refractivity contribution in [3.8, 4) is 0 Å². The Morgan fingerprint density at radius 1 is 1.46 bits per heavy atom. The number of azide groups is 1. The number of nitrogens with zero attached hydrogens (tertiary/aromatic N) is 3. The molecule has 1 amide bonds. The van der Waals surface area contributed by atoms with E-state index >= 15 is 0 Å². The van der Waals surface area contributed by atoms with Crippen molar-refractivity contribution in [2.45, 2.75) is 40.0 Å². The zero-order chi connectivity index (χ0) is 17.9. The third-order valence-corrected chi connectivity index (χ3v) is 5.58. The summed E-state index contributed by atoms with van der Waals surface area (Å²) in [6, 6.07) is 0. The summed E-state index contributed by atoms with van der Waals surface area (Å²) >= 11 is 1.42.